The molecule has 0 aromatic heterocycles. The third-order valence-electron chi connectivity index (χ3n) is 2.33. The zero-order valence-corrected chi connectivity index (χ0v) is 9.72. The third-order valence-corrected chi connectivity index (χ3v) is 2.33. The molecule has 0 saturated carbocycles. The molecule has 0 heterocycles. The van der Waals surface area contributed by atoms with E-state index in [0.717, 1.165) is 12.8 Å². The Labute approximate surface area is 82.9 Å². The lowest BCUT2D eigenvalue weighted by atomic mass is 9.72. The monoisotopic (exact) mass is 184 g/mol. The van der Waals surface area contributed by atoms with E-state index >= 15 is 0 Å². The van der Waals surface area contributed by atoms with E-state index < -0.39 is 0 Å². The second kappa shape index (κ2) is 4.28. The summed E-state index contributed by atoms with van der Waals surface area (Å²) in [5, 5.41) is 9.33. The van der Waals surface area contributed by atoms with Crippen molar-refractivity contribution in [2.24, 2.45) is 10.8 Å². The molecule has 1 unspecified atom stereocenters. The van der Waals surface area contributed by atoms with Gasteiger partial charge < -0.3 is 5.11 Å². The van der Waals surface area contributed by atoms with Crippen molar-refractivity contribution in [2.75, 3.05) is 0 Å². The fraction of sp³-hybridized carbons (Fsp3) is 0.833. The first-order valence-corrected chi connectivity index (χ1v) is 5.00. The molecular formula is C12H24O. The highest BCUT2D eigenvalue weighted by Gasteiger charge is 2.27. The second-order valence-electron chi connectivity index (χ2n) is 5.59. The van der Waals surface area contributed by atoms with Crippen molar-refractivity contribution in [2.45, 2.75) is 53.6 Å². The Kier molecular flexibility index (Phi) is 4.18. The van der Waals surface area contributed by atoms with E-state index in [-0.39, 0.29) is 16.9 Å². The van der Waals surface area contributed by atoms with E-state index in [0.29, 0.717) is 0 Å². The number of hydrogen-bond acceptors (Lipinski definition) is 1. The molecule has 0 bridgehead atoms. The zero-order chi connectivity index (χ0) is 10.7. The van der Waals surface area contributed by atoms with Gasteiger partial charge in [0.1, 0.15) is 0 Å². The minimum Gasteiger partial charge on any atom is -0.393 e. The van der Waals surface area contributed by atoms with Crippen molar-refractivity contribution in [3.8, 4) is 0 Å². The predicted molar refractivity (Wildman–Crippen MR) is 58.7 cm³/mol. The van der Waals surface area contributed by atoms with Gasteiger partial charge in [-0.3, -0.25) is 0 Å². The van der Waals surface area contributed by atoms with Gasteiger partial charge in [0, 0.05) is 0 Å². The standard InChI is InChI=1S/C12H24O/c1-7-11(3,4)9-12(5,6)8-10(2)13/h7,10,13H,1,8-9H2,2-6H3. The van der Waals surface area contributed by atoms with Crippen LogP contribution in [-0.4, -0.2) is 11.2 Å². The lowest BCUT2D eigenvalue weighted by Gasteiger charge is -2.33. The van der Waals surface area contributed by atoms with Gasteiger partial charge >= 0.3 is 0 Å². The number of rotatable bonds is 5. The normalized spacial score (nSPS) is 15.5. The predicted octanol–water partition coefficient (Wildman–Crippen LogP) is 3.39. The minimum atomic E-state index is -0.212. The smallest absolute Gasteiger partial charge is 0.0517 e. The van der Waals surface area contributed by atoms with E-state index in [9.17, 15) is 5.11 Å². The molecule has 1 N–H and O–H groups in total. The van der Waals surface area contributed by atoms with Crippen LogP contribution in [0.5, 0.6) is 0 Å². The molecule has 0 aromatic rings. The molecule has 0 rings (SSSR count). The zero-order valence-electron chi connectivity index (χ0n) is 9.72. The van der Waals surface area contributed by atoms with Crippen LogP contribution in [0, 0.1) is 10.8 Å². The first-order chi connectivity index (χ1) is 5.68. The van der Waals surface area contributed by atoms with Gasteiger partial charge in [-0.2, -0.15) is 0 Å². The molecule has 0 radical (unpaired) electrons. The number of aliphatic hydroxyl groups excluding tert-OH is 1. The molecule has 0 aromatic carbocycles. The largest absolute Gasteiger partial charge is 0.393 e. The Balaban J connectivity index is 4.23. The molecule has 1 heteroatoms. The van der Waals surface area contributed by atoms with Gasteiger partial charge in [0.15, 0.2) is 0 Å². The summed E-state index contributed by atoms with van der Waals surface area (Å²) in [7, 11) is 0. The maximum Gasteiger partial charge on any atom is 0.0517 e. The average molecular weight is 184 g/mol. The number of aliphatic hydroxyl groups is 1. The molecule has 0 amide bonds. The number of allylic oxidation sites excluding steroid dienone is 1. The Hall–Kier alpha value is -0.300. The third kappa shape index (κ3) is 5.87. The number of hydrogen-bond donors (Lipinski definition) is 1. The van der Waals surface area contributed by atoms with Crippen LogP contribution in [0.15, 0.2) is 12.7 Å². The Morgan fingerprint density at radius 3 is 2.08 bits per heavy atom. The van der Waals surface area contributed by atoms with Crippen molar-refractivity contribution in [3.63, 3.8) is 0 Å². The Morgan fingerprint density at radius 1 is 1.31 bits per heavy atom. The van der Waals surface area contributed by atoms with Crippen molar-refractivity contribution >= 4 is 0 Å². The van der Waals surface area contributed by atoms with Crippen LogP contribution in [0.2, 0.25) is 0 Å². The molecule has 0 aliphatic rings. The van der Waals surface area contributed by atoms with Crippen LogP contribution in [0.1, 0.15) is 47.5 Å². The van der Waals surface area contributed by atoms with Crippen LogP contribution in [0.4, 0.5) is 0 Å². The second-order valence-corrected chi connectivity index (χ2v) is 5.59. The fourth-order valence-corrected chi connectivity index (χ4v) is 2.18. The topological polar surface area (TPSA) is 20.2 Å². The van der Waals surface area contributed by atoms with E-state index in [4.69, 9.17) is 0 Å². The van der Waals surface area contributed by atoms with Crippen LogP contribution >= 0.6 is 0 Å². The van der Waals surface area contributed by atoms with Gasteiger partial charge in [-0.15, -0.1) is 6.58 Å². The van der Waals surface area contributed by atoms with Crippen LogP contribution in [-0.2, 0) is 0 Å². The van der Waals surface area contributed by atoms with E-state index in [1.807, 2.05) is 13.0 Å². The highest BCUT2D eigenvalue weighted by atomic mass is 16.3. The highest BCUT2D eigenvalue weighted by Crippen LogP contribution is 2.37. The quantitative estimate of drug-likeness (QED) is 0.649. The Morgan fingerprint density at radius 2 is 1.77 bits per heavy atom. The van der Waals surface area contributed by atoms with Gasteiger partial charge in [0.05, 0.1) is 6.10 Å². The molecule has 1 nitrogen and oxygen atoms in total. The van der Waals surface area contributed by atoms with E-state index in [1.54, 1.807) is 0 Å². The summed E-state index contributed by atoms with van der Waals surface area (Å²) in [6, 6.07) is 0. The maximum absolute atomic E-state index is 9.33. The molecule has 78 valence electrons. The molecule has 13 heavy (non-hydrogen) atoms. The molecule has 0 aliphatic carbocycles. The van der Waals surface area contributed by atoms with E-state index in [1.165, 1.54) is 0 Å². The van der Waals surface area contributed by atoms with Crippen LogP contribution in [0.25, 0.3) is 0 Å². The average Bonchev–Trinajstić information content (AvgIpc) is 1.81. The molecule has 1 atom stereocenters. The fourth-order valence-electron chi connectivity index (χ4n) is 2.18. The lowest BCUT2D eigenvalue weighted by molar-refractivity contribution is 0.107. The van der Waals surface area contributed by atoms with E-state index in [2.05, 4.69) is 34.3 Å². The van der Waals surface area contributed by atoms with Crippen molar-refractivity contribution in [1.29, 1.82) is 0 Å². The summed E-state index contributed by atoms with van der Waals surface area (Å²) >= 11 is 0. The van der Waals surface area contributed by atoms with Gasteiger partial charge in [0.2, 0.25) is 0 Å². The summed E-state index contributed by atoms with van der Waals surface area (Å²) in [6.45, 7) is 14.5. The first-order valence-electron chi connectivity index (χ1n) is 5.00. The van der Waals surface area contributed by atoms with Crippen molar-refractivity contribution in [3.05, 3.63) is 12.7 Å². The highest BCUT2D eigenvalue weighted by molar-refractivity contribution is 4.91. The van der Waals surface area contributed by atoms with Crippen LogP contribution in [0.3, 0.4) is 0 Å². The Bertz CT molecular complexity index is 166. The summed E-state index contributed by atoms with van der Waals surface area (Å²) in [5.41, 5.74) is 0.351. The van der Waals surface area contributed by atoms with Crippen molar-refractivity contribution < 1.29 is 5.11 Å². The minimum absolute atomic E-state index is 0.165. The first kappa shape index (κ1) is 12.7. The molecule has 0 spiro atoms. The van der Waals surface area contributed by atoms with Crippen LogP contribution < -0.4 is 0 Å². The van der Waals surface area contributed by atoms with Gasteiger partial charge in [-0.25, -0.2) is 0 Å². The molecular weight excluding hydrogens is 160 g/mol. The summed E-state index contributed by atoms with van der Waals surface area (Å²) in [5.74, 6) is 0. The summed E-state index contributed by atoms with van der Waals surface area (Å²) < 4.78 is 0. The van der Waals surface area contributed by atoms with Crippen molar-refractivity contribution in [1.82, 2.24) is 0 Å². The molecule has 0 aliphatic heterocycles. The summed E-state index contributed by atoms with van der Waals surface area (Å²) in [6.07, 6.45) is 3.70. The molecule has 0 saturated heterocycles. The van der Waals surface area contributed by atoms with Gasteiger partial charge in [-0.1, -0.05) is 33.8 Å². The SMILES string of the molecule is C=CC(C)(C)CC(C)(C)CC(C)O. The van der Waals surface area contributed by atoms with Gasteiger partial charge in [0.25, 0.3) is 0 Å². The maximum atomic E-state index is 9.33. The van der Waals surface area contributed by atoms with Gasteiger partial charge in [-0.05, 0) is 30.6 Å². The lowest BCUT2D eigenvalue weighted by Crippen LogP contribution is -2.25. The summed E-state index contributed by atoms with van der Waals surface area (Å²) in [4.78, 5) is 0. The molecule has 0 fully saturated rings.